The molecule has 23 heavy (non-hydrogen) atoms. The zero-order valence-corrected chi connectivity index (χ0v) is 14.7. The molecule has 2 unspecified atom stereocenters. The van der Waals surface area contributed by atoms with Crippen molar-refractivity contribution in [3.63, 3.8) is 0 Å². The molecule has 0 amide bonds. The Kier molecular flexibility index (Phi) is 5.05. The number of hydrogen-bond donors (Lipinski definition) is 1. The fourth-order valence-corrected chi connectivity index (χ4v) is 4.98. The first-order valence-electron chi connectivity index (χ1n) is 7.32. The van der Waals surface area contributed by atoms with Crippen LogP contribution in [0.2, 0.25) is 0 Å². The second kappa shape index (κ2) is 6.39. The summed E-state index contributed by atoms with van der Waals surface area (Å²) in [6.45, 7) is 1.72. The fraction of sp³-hybridized carbons (Fsp3) is 0.692. The van der Waals surface area contributed by atoms with Gasteiger partial charge in [0.25, 0.3) is 5.56 Å². The third-order valence-corrected chi connectivity index (χ3v) is 6.50. The number of halogens is 1. The minimum absolute atomic E-state index is 0. The SMILES string of the molecule is Cl.Cn1cc(S(=O)(=O)N2CCC3NCCC3C2)c(=O)n(C)c1=O. The molecule has 1 N–H and O–H groups in total. The van der Waals surface area contributed by atoms with Gasteiger partial charge >= 0.3 is 5.69 Å². The van der Waals surface area contributed by atoms with Crippen LogP contribution in [0, 0.1) is 5.92 Å². The molecule has 0 saturated carbocycles. The number of aryl methyl sites for hydroxylation is 1. The van der Waals surface area contributed by atoms with Crippen LogP contribution in [0.3, 0.4) is 0 Å². The Balaban J connectivity index is 0.00000192. The van der Waals surface area contributed by atoms with Gasteiger partial charge in [0.05, 0.1) is 0 Å². The van der Waals surface area contributed by atoms with Crippen LogP contribution in [-0.4, -0.2) is 47.5 Å². The molecule has 2 aliphatic heterocycles. The largest absolute Gasteiger partial charge is 0.330 e. The van der Waals surface area contributed by atoms with Crippen LogP contribution in [-0.2, 0) is 24.1 Å². The minimum atomic E-state index is -3.88. The van der Waals surface area contributed by atoms with E-state index in [2.05, 4.69) is 5.32 Å². The Morgan fingerprint density at radius 2 is 1.91 bits per heavy atom. The minimum Gasteiger partial charge on any atom is -0.314 e. The van der Waals surface area contributed by atoms with Gasteiger partial charge in [-0.05, 0) is 25.3 Å². The first kappa shape index (κ1) is 18.2. The second-order valence-corrected chi connectivity index (χ2v) is 7.92. The highest BCUT2D eigenvalue weighted by Gasteiger charge is 2.38. The summed E-state index contributed by atoms with van der Waals surface area (Å²) >= 11 is 0. The Labute approximate surface area is 140 Å². The average molecular weight is 365 g/mol. The van der Waals surface area contributed by atoms with Gasteiger partial charge in [0.15, 0.2) is 4.90 Å². The zero-order chi connectivity index (χ0) is 16.1. The molecule has 2 saturated heterocycles. The predicted octanol–water partition coefficient (Wildman–Crippen LogP) is -1.12. The first-order valence-corrected chi connectivity index (χ1v) is 8.76. The van der Waals surface area contributed by atoms with E-state index in [4.69, 9.17) is 0 Å². The Hall–Kier alpha value is -1.16. The number of piperidine rings is 1. The molecule has 0 spiro atoms. The van der Waals surface area contributed by atoms with Crippen molar-refractivity contribution in [2.24, 2.45) is 20.0 Å². The van der Waals surface area contributed by atoms with E-state index in [0.29, 0.717) is 25.0 Å². The highest BCUT2D eigenvalue weighted by atomic mass is 35.5. The number of fused-ring (bicyclic) bond motifs is 1. The molecule has 0 aliphatic carbocycles. The number of nitrogens with one attached hydrogen (secondary N) is 1. The predicted molar refractivity (Wildman–Crippen MR) is 87.4 cm³/mol. The lowest BCUT2D eigenvalue weighted by Crippen LogP contribution is -2.49. The molecule has 10 heteroatoms. The van der Waals surface area contributed by atoms with Gasteiger partial charge in [-0.2, -0.15) is 4.31 Å². The second-order valence-electron chi connectivity index (χ2n) is 6.01. The lowest BCUT2D eigenvalue weighted by Gasteiger charge is -2.33. The van der Waals surface area contributed by atoms with E-state index in [9.17, 15) is 18.0 Å². The number of rotatable bonds is 2. The molecule has 2 aliphatic rings. The molecule has 3 rings (SSSR count). The van der Waals surface area contributed by atoms with E-state index in [1.807, 2.05) is 0 Å². The van der Waals surface area contributed by atoms with Gasteiger partial charge in [-0.1, -0.05) is 0 Å². The van der Waals surface area contributed by atoms with Crippen LogP contribution < -0.4 is 16.6 Å². The summed E-state index contributed by atoms with van der Waals surface area (Å²) in [5.41, 5.74) is -1.31. The van der Waals surface area contributed by atoms with Crippen molar-refractivity contribution in [3.05, 3.63) is 27.0 Å². The van der Waals surface area contributed by atoms with Gasteiger partial charge in [-0.15, -0.1) is 12.4 Å². The summed E-state index contributed by atoms with van der Waals surface area (Å²) in [7, 11) is -1.15. The van der Waals surface area contributed by atoms with Gasteiger partial charge in [0, 0.05) is 39.4 Å². The number of aromatic nitrogens is 2. The summed E-state index contributed by atoms with van der Waals surface area (Å²) in [6.07, 6.45) is 2.82. The van der Waals surface area contributed by atoms with Crippen molar-refractivity contribution < 1.29 is 8.42 Å². The van der Waals surface area contributed by atoms with Crippen molar-refractivity contribution in [2.45, 2.75) is 23.8 Å². The van der Waals surface area contributed by atoms with E-state index < -0.39 is 21.3 Å². The van der Waals surface area contributed by atoms with Gasteiger partial charge in [-0.25, -0.2) is 13.2 Å². The maximum Gasteiger partial charge on any atom is 0.330 e. The summed E-state index contributed by atoms with van der Waals surface area (Å²) in [5.74, 6) is 0.292. The van der Waals surface area contributed by atoms with Gasteiger partial charge in [0.1, 0.15) is 0 Å². The average Bonchev–Trinajstić information content (AvgIpc) is 2.96. The highest BCUT2D eigenvalue weighted by molar-refractivity contribution is 7.89. The van der Waals surface area contributed by atoms with E-state index in [-0.39, 0.29) is 17.3 Å². The van der Waals surface area contributed by atoms with Crippen molar-refractivity contribution in [1.82, 2.24) is 18.8 Å². The molecule has 130 valence electrons. The van der Waals surface area contributed by atoms with E-state index in [1.54, 1.807) is 0 Å². The van der Waals surface area contributed by atoms with Crippen LogP contribution in [0.5, 0.6) is 0 Å². The summed E-state index contributed by atoms with van der Waals surface area (Å²) < 4.78 is 28.9. The molecular formula is C13H21ClN4O4S. The van der Waals surface area contributed by atoms with Crippen LogP contribution in [0.25, 0.3) is 0 Å². The van der Waals surface area contributed by atoms with Crippen molar-refractivity contribution in [3.8, 4) is 0 Å². The highest BCUT2D eigenvalue weighted by Crippen LogP contribution is 2.27. The molecule has 2 atom stereocenters. The molecule has 0 aromatic carbocycles. The van der Waals surface area contributed by atoms with E-state index >= 15 is 0 Å². The lowest BCUT2D eigenvalue weighted by molar-refractivity contribution is 0.246. The van der Waals surface area contributed by atoms with Gasteiger partial charge in [0.2, 0.25) is 10.0 Å². The third-order valence-electron chi connectivity index (χ3n) is 4.65. The van der Waals surface area contributed by atoms with Crippen LogP contribution >= 0.6 is 12.4 Å². The molecular weight excluding hydrogens is 344 g/mol. The van der Waals surface area contributed by atoms with Crippen LogP contribution in [0.4, 0.5) is 0 Å². The van der Waals surface area contributed by atoms with Crippen molar-refractivity contribution >= 4 is 22.4 Å². The first-order chi connectivity index (χ1) is 10.3. The quantitative estimate of drug-likeness (QED) is 0.717. The molecule has 0 radical (unpaired) electrons. The van der Waals surface area contributed by atoms with Gasteiger partial charge in [-0.3, -0.25) is 9.36 Å². The zero-order valence-electron chi connectivity index (χ0n) is 13.1. The van der Waals surface area contributed by atoms with E-state index in [0.717, 1.165) is 34.7 Å². The molecule has 0 bridgehead atoms. The Bertz CT molecular complexity index is 816. The molecule has 3 heterocycles. The fourth-order valence-electron chi connectivity index (χ4n) is 3.32. The van der Waals surface area contributed by atoms with Crippen molar-refractivity contribution in [1.29, 1.82) is 0 Å². The topological polar surface area (TPSA) is 93.4 Å². The van der Waals surface area contributed by atoms with Gasteiger partial charge < -0.3 is 9.88 Å². The Morgan fingerprint density at radius 1 is 1.22 bits per heavy atom. The monoisotopic (exact) mass is 364 g/mol. The summed E-state index contributed by atoms with van der Waals surface area (Å²) in [5, 5.41) is 3.37. The molecule has 1 aromatic heterocycles. The maximum atomic E-state index is 12.8. The van der Waals surface area contributed by atoms with E-state index in [1.165, 1.54) is 18.4 Å². The normalized spacial score (nSPS) is 25.0. The molecule has 8 nitrogen and oxygen atoms in total. The number of sulfonamides is 1. The molecule has 1 aromatic rings. The lowest BCUT2D eigenvalue weighted by atomic mass is 9.95. The smallest absolute Gasteiger partial charge is 0.314 e. The number of hydrogen-bond acceptors (Lipinski definition) is 5. The summed E-state index contributed by atoms with van der Waals surface area (Å²) in [4.78, 5) is 23.6. The summed E-state index contributed by atoms with van der Waals surface area (Å²) in [6, 6.07) is 0.370. The molecule has 2 fully saturated rings. The standard InChI is InChI=1S/C13H20N4O4S.ClH/c1-15-8-11(12(18)16(2)13(15)19)22(20,21)17-6-4-10-9(7-17)3-5-14-10;/h8-10,14H,3-7H2,1-2H3;1H. The Morgan fingerprint density at radius 3 is 2.61 bits per heavy atom. The third kappa shape index (κ3) is 2.98. The van der Waals surface area contributed by atoms with Crippen LogP contribution in [0.15, 0.2) is 20.7 Å². The van der Waals surface area contributed by atoms with Crippen LogP contribution in [0.1, 0.15) is 12.8 Å². The number of nitrogens with zero attached hydrogens (tertiary/aromatic N) is 3. The van der Waals surface area contributed by atoms with Crippen molar-refractivity contribution in [2.75, 3.05) is 19.6 Å². The maximum absolute atomic E-state index is 12.8.